The Labute approximate surface area is 29.6 Å². The summed E-state index contributed by atoms with van der Waals surface area (Å²) in [5.41, 5.74) is 0. The Morgan fingerprint density at radius 2 is 2.25 bits per heavy atom. The lowest BCUT2D eigenvalue weighted by atomic mass is 10.9. The van der Waals surface area contributed by atoms with Crippen LogP contribution in [0.5, 0.6) is 0 Å². The fourth-order valence-corrected chi connectivity index (χ4v) is 0. The first-order valence-electron chi connectivity index (χ1n) is 0.894. The third-order valence-electron chi connectivity index (χ3n) is 0.0583. The molecule has 0 aliphatic carbocycles. The standard InChI is InChI=1S/C2H3ClF/c3-1-2-4/h1H,2H2. The first kappa shape index (κ1) is 4.22. The summed E-state index contributed by atoms with van der Waals surface area (Å²) >= 11 is 4.69. The fourth-order valence-electron chi connectivity index (χ4n) is 0. The van der Waals surface area contributed by atoms with Crippen LogP contribution in [0.4, 0.5) is 4.39 Å². The van der Waals surface area contributed by atoms with E-state index < -0.39 is 6.67 Å². The normalized spacial score (nSPS) is 7.50. The molecule has 0 aromatic carbocycles. The van der Waals surface area contributed by atoms with Gasteiger partial charge in [0.05, 0.1) is 5.88 Å². The highest BCUT2D eigenvalue weighted by Gasteiger charge is 1.64. The van der Waals surface area contributed by atoms with E-state index in [1.54, 1.807) is 0 Å². The van der Waals surface area contributed by atoms with E-state index in [0.29, 0.717) is 0 Å². The van der Waals surface area contributed by atoms with E-state index in [4.69, 9.17) is 0 Å². The molecule has 0 amide bonds. The second-order valence-electron chi connectivity index (χ2n) is 0.309. The summed E-state index contributed by atoms with van der Waals surface area (Å²) in [7, 11) is 0. The van der Waals surface area contributed by atoms with Gasteiger partial charge in [-0.05, 0) is 0 Å². The average Bonchev–Trinajstić information content (AvgIpc) is 1.37. The molecular formula is C2H3ClF. The molecule has 0 unspecified atom stereocenters. The summed E-state index contributed by atoms with van der Waals surface area (Å²) in [6, 6.07) is 0. The maximum Gasteiger partial charge on any atom is 0.107 e. The lowest BCUT2D eigenvalue weighted by Crippen LogP contribution is -1.55. The van der Waals surface area contributed by atoms with Gasteiger partial charge >= 0.3 is 0 Å². The van der Waals surface area contributed by atoms with Crippen LogP contribution in [0.15, 0.2) is 0 Å². The molecule has 0 heterocycles. The first-order valence-corrected chi connectivity index (χ1v) is 1.33. The van der Waals surface area contributed by atoms with Crippen molar-refractivity contribution in [2.75, 3.05) is 6.67 Å². The van der Waals surface area contributed by atoms with Gasteiger partial charge in [0.1, 0.15) is 6.67 Å². The summed E-state index contributed by atoms with van der Waals surface area (Å²) in [4.78, 5) is 0. The van der Waals surface area contributed by atoms with Crippen LogP contribution in [0.2, 0.25) is 0 Å². The summed E-state index contributed by atoms with van der Waals surface area (Å²) < 4.78 is 10.5. The average molecular weight is 81.5 g/mol. The molecule has 25 valence electrons. The van der Waals surface area contributed by atoms with Gasteiger partial charge in [-0.3, -0.25) is 0 Å². The third-order valence-corrected chi connectivity index (χ3v) is 0.175. The van der Waals surface area contributed by atoms with E-state index in [2.05, 4.69) is 11.6 Å². The highest BCUT2D eigenvalue weighted by Crippen LogP contribution is 1.79. The molecule has 0 bridgehead atoms. The van der Waals surface area contributed by atoms with Crippen LogP contribution in [0.1, 0.15) is 0 Å². The van der Waals surface area contributed by atoms with Crippen molar-refractivity contribution < 1.29 is 4.39 Å². The van der Waals surface area contributed by atoms with Gasteiger partial charge in [-0.15, -0.1) is 11.6 Å². The van der Waals surface area contributed by atoms with Crippen LogP contribution in [-0.4, -0.2) is 6.67 Å². The molecule has 0 aromatic heterocycles. The molecule has 4 heavy (non-hydrogen) atoms. The second-order valence-corrected chi connectivity index (χ2v) is 0.617. The quantitative estimate of drug-likeness (QED) is 0.447. The van der Waals surface area contributed by atoms with E-state index in [-0.39, 0.29) is 0 Å². The SMILES string of the molecule is FC[CH]Cl. The van der Waals surface area contributed by atoms with Crippen LogP contribution in [0.25, 0.3) is 0 Å². The molecule has 0 saturated carbocycles. The molecule has 0 aliphatic heterocycles. The van der Waals surface area contributed by atoms with Crippen LogP contribution in [0.3, 0.4) is 0 Å². The highest BCUT2D eigenvalue weighted by molar-refractivity contribution is 6.23. The Morgan fingerprint density at radius 1 is 2.00 bits per heavy atom. The second kappa shape index (κ2) is 3.22. The minimum Gasteiger partial charge on any atom is -0.249 e. The first-order chi connectivity index (χ1) is 1.91. The zero-order valence-electron chi connectivity index (χ0n) is 2.04. The van der Waals surface area contributed by atoms with Crippen molar-refractivity contribution in [1.29, 1.82) is 0 Å². The topological polar surface area (TPSA) is 0 Å². The van der Waals surface area contributed by atoms with Crippen molar-refractivity contribution in [2.24, 2.45) is 0 Å². The van der Waals surface area contributed by atoms with E-state index in [9.17, 15) is 4.39 Å². The number of halogens is 2. The summed E-state index contributed by atoms with van der Waals surface area (Å²) in [6.07, 6.45) is 0. The smallest absolute Gasteiger partial charge is 0.107 e. The van der Waals surface area contributed by atoms with Crippen LogP contribution in [-0.2, 0) is 0 Å². The molecule has 0 nitrogen and oxygen atoms in total. The Morgan fingerprint density at radius 3 is 2.25 bits per heavy atom. The highest BCUT2D eigenvalue weighted by atomic mass is 35.5. The molecule has 0 atom stereocenters. The molecule has 0 saturated heterocycles. The Balaban J connectivity index is 1.97. The predicted molar refractivity (Wildman–Crippen MR) is 16.1 cm³/mol. The Hall–Kier alpha value is 0.220. The monoisotopic (exact) mass is 81.0 g/mol. The number of hydrogen-bond donors (Lipinski definition) is 0. The predicted octanol–water partition coefficient (Wildman–Crippen LogP) is 1.36. The summed E-state index contributed by atoms with van der Waals surface area (Å²) in [5, 5.41) is 0. The minimum absolute atomic E-state index is 0.540. The van der Waals surface area contributed by atoms with E-state index >= 15 is 0 Å². The zero-order valence-corrected chi connectivity index (χ0v) is 2.80. The summed E-state index contributed by atoms with van der Waals surface area (Å²) in [6.45, 7) is -0.540. The molecule has 0 aromatic rings. The molecule has 2 heteroatoms. The van der Waals surface area contributed by atoms with Gasteiger partial charge in [-0.25, -0.2) is 4.39 Å². The molecule has 0 rings (SSSR count). The number of hydrogen-bond acceptors (Lipinski definition) is 0. The number of rotatable bonds is 1. The maximum absolute atomic E-state index is 10.5. The lowest BCUT2D eigenvalue weighted by Gasteiger charge is -1.61. The Kier molecular flexibility index (Phi) is 3.40. The lowest BCUT2D eigenvalue weighted by molar-refractivity contribution is 0.553. The van der Waals surface area contributed by atoms with Crippen LogP contribution >= 0.6 is 11.6 Å². The fraction of sp³-hybridized carbons (Fsp3) is 0.500. The van der Waals surface area contributed by atoms with Crippen molar-refractivity contribution in [2.45, 2.75) is 0 Å². The number of alkyl halides is 1. The van der Waals surface area contributed by atoms with Crippen molar-refractivity contribution >= 4 is 11.6 Å². The minimum atomic E-state index is -0.540. The molecule has 0 fully saturated rings. The van der Waals surface area contributed by atoms with E-state index in [1.807, 2.05) is 0 Å². The third kappa shape index (κ3) is 2.22. The summed E-state index contributed by atoms with van der Waals surface area (Å²) in [5.74, 6) is 0.931. The van der Waals surface area contributed by atoms with Gasteiger partial charge in [-0.1, -0.05) is 0 Å². The van der Waals surface area contributed by atoms with E-state index in [1.165, 1.54) is 0 Å². The largest absolute Gasteiger partial charge is 0.249 e. The van der Waals surface area contributed by atoms with Crippen LogP contribution in [0, 0.1) is 5.88 Å². The molecule has 1 radical (unpaired) electrons. The van der Waals surface area contributed by atoms with Crippen molar-refractivity contribution in [3.63, 3.8) is 0 Å². The van der Waals surface area contributed by atoms with Gasteiger partial charge in [0, 0.05) is 0 Å². The van der Waals surface area contributed by atoms with Gasteiger partial charge < -0.3 is 0 Å². The van der Waals surface area contributed by atoms with Gasteiger partial charge in [0.25, 0.3) is 0 Å². The molecular weight excluding hydrogens is 78.5 g/mol. The van der Waals surface area contributed by atoms with Gasteiger partial charge in [0.2, 0.25) is 0 Å². The molecule has 0 aliphatic rings. The van der Waals surface area contributed by atoms with Gasteiger partial charge in [-0.2, -0.15) is 0 Å². The Bertz CT molecular complexity index is 8.00. The van der Waals surface area contributed by atoms with Crippen molar-refractivity contribution in [1.82, 2.24) is 0 Å². The maximum atomic E-state index is 10.5. The zero-order chi connectivity index (χ0) is 3.41. The molecule has 0 N–H and O–H groups in total. The van der Waals surface area contributed by atoms with Crippen molar-refractivity contribution in [3.05, 3.63) is 5.88 Å². The van der Waals surface area contributed by atoms with E-state index in [0.717, 1.165) is 5.88 Å². The van der Waals surface area contributed by atoms with Crippen molar-refractivity contribution in [3.8, 4) is 0 Å². The molecule has 0 spiro atoms. The van der Waals surface area contributed by atoms with Gasteiger partial charge in [0.15, 0.2) is 0 Å². The van der Waals surface area contributed by atoms with Crippen LogP contribution < -0.4 is 0 Å².